The number of fused-ring (bicyclic) bond motifs is 1. The molecule has 0 amide bonds. The molecule has 0 saturated carbocycles. The van der Waals surface area contributed by atoms with Crippen LogP contribution in [0, 0.1) is 41.4 Å². The number of aliphatic hydroxyl groups excluding tert-OH is 1. The van der Waals surface area contributed by atoms with Gasteiger partial charge in [0.2, 0.25) is 0 Å². The van der Waals surface area contributed by atoms with E-state index < -0.39 is 77.1 Å². The minimum Gasteiger partial charge on any atom is -0.459 e. The Morgan fingerprint density at radius 2 is 1.78 bits per heavy atom. The zero-order valence-corrected chi connectivity index (χ0v) is 32.0. The van der Waals surface area contributed by atoms with Crippen molar-refractivity contribution in [1.29, 1.82) is 0 Å². The number of hydrogen-bond acceptors (Lipinski definition) is 11. The number of pyridine rings is 1. The fraction of sp³-hybridized carbons (Fsp3) is 0.700. The molecule has 51 heavy (non-hydrogen) atoms. The zero-order valence-electron chi connectivity index (χ0n) is 32.0. The summed E-state index contributed by atoms with van der Waals surface area (Å²) >= 11 is 0. The van der Waals surface area contributed by atoms with Crippen LogP contribution in [0.4, 0.5) is 0 Å². The molecule has 0 aliphatic carbocycles. The van der Waals surface area contributed by atoms with Gasteiger partial charge in [-0.15, -0.1) is 0 Å². The summed E-state index contributed by atoms with van der Waals surface area (Å²) in [5.41, 5.74) is -1.03. The first kappa shape index (κ1) is 40.8. The van der Waals surface area contributed by atoms with E-state index in [0.29, 0.717) is 18.5 Å². The molecule has 11 heteroatoms. The van der Waals surface area contributed by atoms with Crippen molar-refractivity contribution < 1.29 is 43.2 Å². The second-order valence-electron chi connectivity index (χ2n) is 15.4. The molecule has 1 N–H and O–H groups in total. The zero-order chi connectivity index (χ0) is 37.8. The van der Waals surface area contributed by atoms with E-state index in [1.54, 1.807) is 32.2 Å². The minimum absolute atomic E-state index is 0.0492. The average Bonchev–Trinajstić information content (AvgIpc) is 3.41. The molecule has 3 fully saturated rings. The maximum absolute atomic E-state index is 14.4. The molecule has 6 unspecified atom stereocenters. The summed E-state index contributed by atoms with van der Waals surface area (Å²) in [5.74, 6) is 1.18. The first-order chi connectivity index (χ1) is 23.9. The maximum atomic E-state index is 14.4. The van der Waals surface area contributed by atoms with Gasteiger partial charge in [0.15, 0.2) is 12.1 Å². The lowest BCUT2D eigenvalue weighted by Gasteiger charge is -2.47. The summed E-state index contributed by atoms with van der Waals surface area (Å²) in [7, 11) is 3.76. The first-order valence-corrected chi connectivity index (χ1v) is 18.2. The van der Waals surface area contributed by atoms with Gasteiger partial charge in [-0.3, -0.25) is 14.4 Å². The molecule has 3 aliphatic heterocycles. The molecular formula is C40H58N2O9. The molecular weight excluding hydrogens is 652 g/mol. The van der Waals surface area contributed by atoms with E-state index in [4.69, 9.17) is 23.7 Å². The topological polar surface area (TPSA) is 134 Å². The summed E-state index contributed by atoms with van der Waals surface area (Å²) in [6, 6.07) is 5.14. The van der Waals surface area contributed by atoms with Crippen molar-refractivity contribution in [3.8, 4) is 11.8 Å². The van der Waals surface area contributed by atoms with Crippen LogP contribution >= 0.6 is 0 Å². The van der Waals surface area contributed by atoms with Crippen LogP contribution in [0.1, 0.15) is 80.3 Å². The normalized spacial score (nSPS) is 39.9. The summed E-state index contributed by atoms with van der Waals surface area (Å²) in [6.07, 6.45) is -1.46. The van der Waals surface area contributed by atoms with Crippen LogP contribution in [0.5, 0.6) is 0 Å². The molecule has 13 atom stereocenters. The third kappa shape index (κ3) is 8.81. The van der Waals surface area contributed by atoms with Gasteiger partial charge in [-0.2, -0.15) is 0 Å². The third-order valence-electron chi connectivity index (χ3n) is 11.2. The van der Waals surface area contributed by atoms with E-state index in [2.05, 4.69) is 23.4 Å². The van der Waals surface area contributed by atoms with Gasteiger partial charge < -0.3 is 33.7 Å². The van der Waals surface area contributed by atoms with Gasteiger partial charge in [0.25, 0.3) is 0 Å². The van der Waals surface area contributed by atoms with E-state index in [0.717, 1.165) is 5.57 Å². The van der Waals surface area contributed by atoms with E-state index in [1.165, 1.54) is 6.92 Å². The average molecular weight is 711 g/mol. The van der Waals surface area contributed by atoms with E-state index >= 15 is 0 Å². The molecule has 4 heterocycles. The number of cyclic esters (lactones) is 1. The Morgan fingerprint density at radius 1 is 1.08 bits per heavy atom. The van der Waals surface area contributed by atoms with Crippen molar-refractivity contribution in [1.82, 2.24) is 9.88 Å². The van der Waals surface area contributed by atoms with Crippen molar-refractivity contribution in [2.45, 2.75) is 123 Å². The number of aliphatic hydroxyl groups is 1. The van der Waals surface area contributed by atoms with E-state index in [1.807, 2.05) is 59.7 Å². The summed E-state index contributed by atoms with van der Waals surface area (Å²) < 4.78 is 31.8. The van der Waals surface area contributed by atoms with Gasteiger partial charge in [-0.1, -0.05) is 46.3 Å². The number of rotatable bonds is 6. The summed E-state index contributed by atoms with van der Waals surface area (Å²) in [4.78, 5) is 48.8. The summed E-state index contributed by atoms with van der Waals surface area (Å²) in [5, 5.41) is 11.5. The number of carbonyl (C=O) groups excluding carboxylic acids is 3. The molecule has 0 bridgehead atoms. The fourth-order valence-electron chi connectivity index (χ4n) is 8.42. The van der Waals surface area contributed by atoms with Crippen LogP contribution in [0.2, 0.25) is 0 Å². The number of likely N-dealkylation sites (N-methyl/N-ethyl adjacent to an activating group) is 1. The molecule has 0 spiro atoms. The Hall–Kier alpha value is -2.98. The highest BCUT2D eigenvalue weighted by Gasteiger charge is 2.55. The molecule has 0 radical (unpaired) electrons. The number of esters is 1. The molecule has 282 valence electrons. The van der Waals surface area contributed by atoms with Crippen molar-refractivity contribution in [2.75, 3.05) is 27.3 Å². The molecule has 11 nitrogen and oxygen atoms in total. The number of hydrogen-bond donors (Lipinski definition) is 1. The Labute approximate surface area is 303 Å². The molecule has 1 aromatic heterocycles. The quantitative estimate of drug-likeness (QED) is 0.195. The number of ether oxygens (including phenoxy) is 5. The van der Waals surface area contributed by atoms with E-state index in [9.17, 15) is 19.5 Å². The Morgan fingerprint density at radius 3 is 2.41 bits per heavy atom. The lowest BCUT2D eigenvalue weighted by molar-refractivity contribution is -0.296. The first-order valence-electron chi connectivity index (χ1n) is 18.2. The van der Waals surface area contributed by atoms with Crippen molar-refractivity contribution in [2.24, 2.45) is 29.6 Å². The smallest absolute Gasteiger partial charge is 0.316 e. The lowest BCUT2D eigenvalue weighted by Crippen LogP contribution is -2.59. The Kier molecular flexibility index (Phi) is 13.4. The highest BCUT2D eigenvalue weighted by molar-refractivity contribution is 6.00. The van der Waals surface area contributed by atoms with Gasteiger partial charge in [0.05, 0.1) is 24.4 Å². The van der Waals surface area contributed by atoms with Gasteiger partial charge in [0.1, 0.15) is 41.8 Å². The van der Waals surface area contributed by atoms with Crippen molar-refractivity contribution in [3.63, 3.8) is 0 Å². The third-order valence-corrected chi connectivity index (χ3v) is 11.2. The lowest BCUT2D eigenvalue weighted by atomic mass is 9.69. The van der Waals surface area contributed by atoms with Crippen LogP contribution in [-0.2, 0) is 38.1 Å². The van der Waals surface area contributed by atoms with Gasteiger partial charge in [-0.25, -0.2) is 4.98 Å². The maximum Gasteiger partial charge on any atom is 0.316 e. The molecule has 4 rings (SSSR count). The van der Waals surface area contributed by atoms with Crippen molar-refractivity contribution >= 4 is 17.5 Å². The molecule has 3 aliphatic rings. The number of carbonyl (C=O) groups is 3. The number of ketones is 2. The predicted octanol–water partition coefficient (Wildman–Crippen LogP) is 4.39. The van der Waals surface area contributed by atoms with Gasteiger partial charge in [-0.05, 0) is 84.7 Å². The number of Topliss-reactive ketones (excluding diaryl/α,β-unsaturated/α-hetero) is 2. The Bertz CT molecular complexity index is 1470. The molecule has 1 aromatic rings. The molecule has 3 saturated heterocycles. The summed E-state index contributed by atoms with van der Waals surface area (Å²) in [6.45, 7) is 18.8. The van der Waals surface area contributed by atoms with Gasteiger partial charge >= 0.3 is 5.97 Å². The van der Waals surface area contributed by atoms with Crippen LogP contribution < -0.4 is 0 Å². The van der Waals surface area contributed by atoms with Crippen LogP contribution in [0.15, 0.2) is 36.5 Å². The second kappa shape index (κ2) is 16.8. The van der Waals surface area contributed by atoms with Crippen LogP contribution in [-0.4, -0.2) is 108 Å². The van der Waals surface area contributed by atoms with Crippen molar-refractivity contribution in [3.05, 3.63) is 42.2 Å². The SMILES string of the molecule is C=C1CO[C@]2(C)C(CC)OC(=O)[C@H](C)C(=O)[C@H](C)[C@@H](O[C@H]3O[C@@H](C)CC(N(C)C)[C@@H]3O)C(C)(OCC#Cc3ccccn3)CC(C)C(=O)C(C)C12. The fourth-order valence-corrected chi connectivity index (χ4v) is 8.42. The number of aromatic nitrogens is 1. The second-order valence-corrected chi connectivity index (χ2v) is 15.4. The monoisotopic (exact) mass is 710 g/mol. The van der Waals surface area contributed by atoms with Gasteiger partial charge in [0, 0.05) is 35.9 Å². The molecule has 0 aromatic carbocycles. The minimum atomic E-state index is -1.33. The highest BCUT2D eigenvalue weighted by Crippen LogP contribution is 2.46. The van der Waals surface area contributed by atoms with Crippen LogP contribution in [0.25, 0.3) is 0 Å². The Balaban J connectivity index is 1.82. The highest BCUT2D eigenvalue weighted by atomic mass is 16.7. The number of nitrogens with zero attached hydrogens (tertiary/aromatic N) is 2. The van der Waals surface area contributed by atoms with Crippen LogP contribution in [0.3, 0.4) is 0 Å². The largest absolute Gasteiger partial charge is 0.459 e. The predicted molar refractivity (Wildman–Crippen MR) is 191 cm³/mol. The standard InChI is InChI=1S/C40H58N2O9/c1-12-31-40(9)32(24(3)22-48-40)26(5)33(43)23(2)21-39(8,47-19-15-17-29-16-13-14-18-41-29)36(27(6)34(44)28(7)37(46)50-31)51-38-35(45)30(42(10)11)20-25(4)49-38/h13-14,16,18,23,25-28,30-32,35-36,38,45H,3,12,19-22H2,1-2,4-11H3/t23?,25-,26?,27-,28+,30?,31?,32?,35-,36+,38+,39?,40+/m0/s1. The van der Waals surface area contributed by atoms with E-state index in [-0.39, 0.29) is 37.6 Å².